The molecule has 0 fully saturated rings. The van der Waals surface area contributed by atoms with E-state index in [9.17, 15) is 20.2 Å². The molecule has 4 aromatic rings. The summed E-state index contributed by atoms with van der Waals surface area (Å²) in [6.45, 7) is 1.94. The first-order valence-corrected chi connectivity index (χ1v) is 11.3. The number of nitro benzene ring substituents is 1. The first kappa shape index (κ1) is 24.2. The third-order valence-electron chi connectivity index (χ3n) is 5.75. The van der Waals surface area contributed by atoms with E-state index in [1.54, 1.807) is 18.2 Å². The van der Waals surface area contributed by atoms with Crippen LogP contribution >= 0.6 is 0 Å². The quantitative estimate of drug-likeness (QED) is 0.143. The van der Waals surface area contributed by atoms with Gasteiger partial charge in [-0.25, -0.2) is 0 Å². The number of fused-ring (bicyclic) bond motifs is 1. The van der Waals surface area contributed by atoms with Crippen LogP contribution in [-0.4, -0.2) is 10.8 Å². The zero-order chi connectivity index (χ0) is 25.5. The van der Waals surface area contributed by atoms with Gasteiger partial charge in [-0.2, -0.15) is 5.26 Å². The van der Waals surface area contributed by atoms with Crippen molar-refractivity contribution in [1.82, 2.24) is 5.32 Å². The van der Waals surface area contributed by atoms with Gasteiger partial charge in [0.1, 0.15) is 24.0 Å². The van der Waals surface area contributed by atoms with Gasteiger partial charge in [-0.3, -0.25) is 14.9 Å². The molecule has 0 radical (unpaired) electrons. The number of ether oxygens (including phenoxy) is 1. The Morgan fingerprint density at radius 1 is 1.06 bits per heavy atom. The molecule has 0 unspecified atom stereocenters. The second-order valence-electron chi connectivity index (χ2n) is 8.19. The maximum atomic E-state index is 13.0. The number of nitrogens with zero attached hydrogens (tertiary/aromatic N) is 2. The Balaban J connectivity index is 1.66. The first-order valence-electron chi connectivity index (χ1n) is 11.3. The monoisotopic (exact) mass is 477 g/mol. The largest absolute Gasteiger partial charge is 0.488 e. The fourth-order valence-corrected chi connectivity index (χ4v) is 3.86. The molecule has 0 heterocycles. The second kappa shape index (κ2) is 11.0. The molecule has 0 saturated carbocycles. The van der Waals surface area contributed by atoms with Gasteiger partial charge in [0.05, 0.1) is 11.0 Å². The first-order chi connectivity index (χ1) is 17.5. The molecule has 1 N–H and O–H groups in total. The molecule has 0 aliphatic rings. The summed E-state index contributed by atoms with van der Waals surface area (Å²) < 4.78 is 6.03. The Kier molecular flexibility index (Phi) is 7.37. The number of nitriles is 1. The molecular formula is C29H23N3O4. The van der Waals surface area contributed by atoms with Crippen molar-refractivity contribution in [3.63, 3.8) is 0 Å². The Labute approximate surface area is 208 Å². The molecule has 0 aliphatic heterocycles. The van der Waals surface area contributed by atoms with Crippen molar-refractivity contribution >= 4 is 28.4 Å². The minimum Gasteiger partial charge on any atom is -0.488 e. The molecule has 7 heteroatoms. The SMILES string of the molecule is C[C@H](NC(=O)/C(C#N)=C\c1c(OCc2cccc([N+](=O)[O-])c2)ccc2ccccc12)c1ccccc1. The summed E-state index contributed by atoms with van der Waals surface area (Å²) in [5.74, 6) is -0.0386. The Bertz CT molecular complexity index is 1490. The molecule has 7 nitrogen and oxygen atoms in total. The van der Waals surface area contributed by atoms with Crippen LogP contribution in [0.15, 0.2) is 96.6 Å². The van der Waals surface area contributed by atoms with Crippen molar-refractivity contribution in [2.75, 3.05) is 0 Å². The fraction of sp³-hybridized carbons (Fsp3) is 0.103. The van der Waals surface area contributed by atoms with E-state index in [1.165, 1.54) is 18.2 Å². The molecule has 1 atom stereocenters. The Hall–Kier alpha value is -4.96. The molecule has 0 spiro atoms. The van der Waals surface area contributed by atoms with Gasteiger partial charge in [0.25, 0.3) is 11.6 Å². The average Bonchev–Trinajstić information content (AvgIpc) is 2.91. The van der Waals surface area contributed by atoms with Crippen molar-refractivity contribution in [3.8, 4) is 11.8 Å². The van der Waals surface area contributed by atoms with Crippen molar-refractivity contribution in [2.24, 2.45) is 0 Å². The summed E-state index contributed by atoms with van der Waals surface area (Å²) in [5.41, 5.74) is 2.05. The van der Waals surface area contributed by atoms with E-state index < -0.39 is 10.8 Å². The lowest BCUT2D eigenvalue weighted by Crippen LogP contribution is -2.27. The summed E-state index contributed by atoms with van der Waals surface area (Å²) in [6.07, 6.45) is 1.53. The van der Waals surface area contributed by atoms with Crippen LogP contribution in [0.1, 0.15) is 29.7 Å². The van der Waals surface area contributed by atoms with Gasteiger partial charge in [-0.05, 0) is 41.0 Å². The minimum absolute atomic E-state index is 0.0225. The Morgan fingerprint density at radius 2 is 1.81 bits per heavy atom. The number of nitro groups is 1. The van der Waals surface area contributed by atoms with Gasteiger partial charge in [-0.1, -0.05) is 72.8 Å². The molecular weight excluding hydrogens is 454 g/mol. The van der Waals surface area contributed by atoms with E-state index in [0.717, 1.165) is 16.3 Å². The standard InChI is InChI=1S/C29H23N3O4/c1-20(22-9-3-2-4-10-22)31-29(33)24(18-30)17-27-26-13-6-5-11-23(26)14-15-28(27)36-19-21-8-7-12-25(16-21)32(34)35/h2-17,20H,19H2,1H3,(H,31,33)/b24-17-/t20-/m0/s1. The number of carbonyl (C=O) groups is 1. The number of benzene rings is 4. The summed E-state index contributed by atoms with van der Waals surface area (Å²) in [7, 11) is 0. The number of carbonyl (C=O) groups excluding carboxylic acids is 1. The highest BCUT2D eigenvalue weighted by atomic mass is 16.6. The van der Waals surface area contributed by atoms with Crippen molar-refractivity contribution in [1.29, 1.82) is 5.26 Å². The second-order valence-corrected chi connectivity index (χ2v) is 8.19. The number of hydrogen-bond donors (Lipinski definition) is 1. The summed E-state index contributed by atoms with van der Waals surface area (Å²) in [4.78, 5) is 23.6. The van der Waals surface area contributed by atoms with Crippen LogP contribution in [-0.2, 0) is 11.4 Å². The molecule has 0 aromatic heterocycles. The van der Waals surface area contributed by atoms with E-state index in [4.69, 9.17) is 4.74 Å². The lowest BCUT2D eigenvalue weighted by atomic mass is 10.0. The fourth-order valence-electron chi connectivity index (χ4n) is 3.86. The topological polar surface area (TPSA) is 105 Å². The van der Waals surface area contributed by atoms with Crippen LogP contribution in [0.5, 0.6) is 5.75 Å². The predicted molar refractivity (Wildman–Crippen MR) is 138 cm³/mol. The molecule has 1 amide bonds. The zero-order valence-electron chi connectivity index (χ0n) is 19.5. The van der Waals surface area contributed by atoms with Gasteiger partial charge >= 0.3 is 0 Å². The van der Waals surface area contributed by atoms with Crippen LogP contribution in [0.3, 0.4) is 0 Å². The third-order valence-corrected chi connectivity index (χ3v) is 5.75. The van der Waals surface area contributed by atoms with Gasteiger partial charge < -0.3 is 10.1 Å². The third kappa shape index (κ3) is 5.57. The molecule has 0 bridgehead atoms. The van der Waals surface area contributed by atoms with E-state index in [2.05, 4.69) is 5.32 Å². The summed E-state index contributed by atoms with van der Waals surface area (Å²) in [6, 6.07) is 28.7. The van der Waals surface area contributed by atoms with E-state index >= 15 is 0 Å². The summed E-state index contributed by atoms with van der Waals surface area (Å²) >= 11 is 0. The van der Waals surface area contributed by atoms with Crippen LogP contribution in [0, 0.1) is 21.4 Å². The van der Waals surface area contributed by atoms with Crippen LogP contribution < -0.4 is 10.1 Å². The summed E-state index contributed by atoms with van der Waals surface area (Å²) in [5, 5.41) is 25.5. The van der Waals surface area contributed by atoms with Crippen LogP contribution in [0.4, 0.5) is 5.69 Å². The molecule has 4 rings (SSSR count). The molecule has 4 aromatic carbocycles. The highest BCUT2D eigenvalue weighted by Gasteiger charge is 2.16. The van der Waals surface area contributed by atoms with E-state index in [1.807, 2.05) is 73.7 Å². The smallest absolute Gasteiger partial charge is 0.269 e. The van der Waals surface area contributed by atoms with Crippen molar-refractivity contribution in [3.05, 3.63) is 123 Å². The number of non-ortho nitro benzene ring substituents is 1. The van der Waals surface area contributed by atoms with E-state index in [-0.39, 0.29) is 23.9 Å². The maximum absolute atomic E-state index is 13.0. The van der Waals surface area contributed by atoms with Gasteiger partial charge in [0.15, 0.2) is 0 Å². The predicted octanol–water partition coefficient (Wildman–Crippen LogP) is 6.11. The van der Waals surface area contributed by atoms with Crippen LogP contribution in [0.2, 0.25) is 0 Å². The maximum Gasteiger partial charge on any atom is 0.269 e. The number of rotatable bonds is 8. The van der Waals surface area contributed by atoms with Crippen molar-refractivity contribution in [2.45, 2.75) is 19.6 Å². The zero-order valence-corrected chi connectivity index (χ0v) is 19.5. The molecule has 178 valence electrons. The number of nitrogens with one attached hydrogen (secondary N) is 1. The number of hydrogen-bond acceptors (Lipinski definition) is 5. The lowest BCUT2D eigenvalue weighted by molar-refractivity contribution is -0.384. The Morgan fingerprint density at radius 3 is 2.56 bits per heavy atom. The van der Waals surface area contributed by atoms with Crippen LogP contribution in [0.25, 0.3) is 16.8 Å². The lowest BCUT2D eigenvalue weighted by Gasteiger charge is -2.15. The minimum atomic E-state index is -0.494. The molecule has 36 heavy (non-hydrogen) atoms. The highest BCUT2D eigenvalue weighted by molar-refractivity contribution is 6.05. The molecule has 0 aliphatic carbocycles. The van der Waals surface area contributed by atoms with Crippen molar-refractivity contribution < 1.29 is 14.5 Å². The molecule has 0 saturated heterocycles. The number of amides is 1. The van der Waals surface area contributed by atoms with Gasteiger partial charge in [0, 0.05) is 17.7 Å². The highest BCUT2D eigenvalue weighted by Crippen LogP contribution is 2.31. The van der Waals surface area contributed by atoms with Gasteiger partial charge in [-0.15, -0.1) is 0 Å². The van der Waals surface area contributed by atoms with Gasteiger partial charge in [0.2, 0.25) is 0 Å². The average molecular weight is 478 g/mol. The van der Waals surface area contributed by atoms with E-state index in [0.29, 0.717) is 16.9 Å². The normalized spacial score (nSPS) is 11.9.